The summed E-state index contributed by atoms with van der Waals surface area (Å²) in [6.07, 6.45) is 2.87. The molecule has 0 unspecified atom stereocenters. The molecule has 130 valence electrons. The van der Waals surface area contributed by atoms with Gasteiger partial charge in [0.05, 0.1) is 19.4 Å². The van der Waals surface area contributed by atoms with Gasteiger partial charge in [-0.1, -0.05) is 25.5 Å². The van der Waals surface area contributed by atoms with Crippen LogP contribution in [0.25, 0.3) is 0 Å². The van der Waals surface area contributed by atoms with E-state index in [2.05, 4.69) is 4.72 Å². The maximum Gasteiger partial charge on any atom is 0.240 e. The maximum absolute atomic E-state index is 12.6. The Labute approximate surface area is 138 Å². The van der Waals surface area contributed by atoms with Gasteiger partial charge in [-0.3, -0.25) is 4.79 Å². The summed E-state index contributed by atoms with van der Waals surface area (Å²) in [5.41, 5.74) is 0.945. The Bertz CT molecular complexity index is 616. The fourth-order valence-electron chi connectivity index (χ4n) is 2.25. The standard InChI is InChI=1S/C16H26N2O4S/c1-5-6-10-18(16(19)13(2)17-23(4,20)21)12-14-8-7-9-15(11-14)22-3/h7-9,11,13,17H,5-6,10,12H2,1-4H3/t13-/m0/s1. The lowest BCUT2D eigenvalue weighted by atomic mass is 10.1. The van der Waals surface area contributed by atoms with Gasteiger partial charge in [-0.05, 0) is 31.0 Å². The Morgan fingerprint density at radius 1 is 1.39 bits per heavy atom. The first-order valence-electron chi connectivity index (χ1n) is 7.65. The van der Waals surface area contributed by atoms with E-state index in [1.807, 2.05) is 31.2 Å². The smallest absolute Gasteiger partial charge is 0.240 e. The second-order valence-electron chi connectivity index (χ2n) is 5.58. The van der Waals surface area contributed by atoms with Crippen molar-refractivity contribution in [1.29, 1.82) is 0 Å². The number of amides is 1. The van der Waals surface area contributed by atoms with Crippen LogP contribution in [-0.2, 0) is 21.4 Å². The van der Waals surface area contributed by atoms with Gasteiger partial charge >= 0.3 is 0 Å². The molecule has 1 atom stereocenters. The summed E-state index contributed by atoms with van der Waals surface area (Å²) in [4.78, 5) is 14.2. The molecule has 6 nitrogen and oxygen atoms in total. The zero-order chi connectivity index (χ0) is 17.5. The molecule has 1 N–H and O–H groups in total. The molecule has 0 fully saturated rings. The highest BCUT2D eigenvalue weighted by Gasteiger charge is 2.23. The van der Waals surface area contributed by atoms with Gasteiger partial charge in [-0.25, -0.2) is 13.1 Å². The molecule has 1 aromatic rings. The number of hydrogen-bond acceptors (Lipinski definition) is 4. The lowest BCUT2D eigenvalue weighted by molar-refractivity contribution is -0.133. The number of nitrogens with one attached hydrogen (secondary N) is 1. The molecule has 1 aromatic carbocycles. The number of benzene rings is 1. The molecule has 0 aliphatic carbocycles. The topological polar surface area (TPSA) is 75.7 Å². The van der Waals surface area contributed by atoms with Crippen LogP contribution in [0.15, 0.2) is 24.3 Å². The van der Waals surface area contributed by atoms with Crippen LogP contribution < -0.4 is 9.46 Å². The summed E-state index contributed by atoms with van der Waals surface area (Å²) >= 11 is 0. The Morgan fingerprint density at radius 3 is 2.65 bits per heavy atom. The highest BCUT2D eigenvalue weighted by atomic mass is 32.2. The zero-order valence-corrected chi connectivity index (χ0v) is 15.0. The van der Waals surface area contributed by atoms with E-state index in [1.165, 1.54) is 0 Å². The van der Waals surface area contributed by atoms with Crippen LogP contribution in [-0.4, -0.2) is 45.2 Å². The van der Waals surface area contributed by atoms with Crippen LogP contribution in [0.5, 0.6) is 5.75 Å². The molecule has 0 aliphatic rings. The van der Waals surface area contributed by atoms with E-state index in [4.69, 9.17) is 4.74 Å². The third kappa shape index (κ3) is 7.00. The van der Waals surface area contributed by atoms with E-state index >= 15 is 0 Å². The fourth-order valence-corrected chi connectivity index (χ4v) is 3.00. The van der Waals surface area contributed by atoms with Gasteiger partial charge in [-0.15, -0.1) is 0 Å². The molecule has 0 spiro atoms. The van der Waals surface area contributed by atoms with Crippen molar-refractivity contribution in [1.82, 2.24) is 9.62 Å². The van der Waals surface area contributed by atoms with Gasteiger partial charge in [0.1, 0.15) is 5.75 Å². The Balaban J connectivity index is 2.87. The van der Waals surface area contributed by atoms with Crippen molar-refractivity contribution in [2.75, 3.05) is 19.9 Å². The minimum absolute atomic E-state index is 0.230. The summed E-state index contributed by atoms with van der Waals surface area (Å²) in [5.74, 6) is 0.499. The number of methoxy groups -OCH3 is 1. The number of carbonyl (C=O) groups excluding carboxylic acids is 1. The average molecular weight is 342 g/mol. The molecule has 0 aromatic heterocycles. The van der Waals surface area contributed by atoms with E-state index in [0.29, 0.717) is 13.1 Å². The molecular formula is C16H26N2O4S. The van der Waals surface area contributed by atoms with E-state index in [-0.39, 0.29) is 5.91 Å². The molecule has 0 bridgehead atoms. The van der Waals surface area contributed by atoms with E-state index in [1.54, 1.807) is 18.9 Å². The van der Waals surface area contributed by atoms with Crippen molar-refractivity contribution in [2.45, 2.75) is 39.3 Å². The predicted molar refractivity (Wildman–Crippen MR) is 90.8 cm³/mol. The van der Waals surface area contributed by atoms with Crippen molar-refractivity contribution < 1.29 is 17.9 Å². The molecule has 1 amide bonds. The Morgan fingerprint density at radius 2 is 2.09 bits per heavy atom. The van der Waals surface area contributed by atoms with Crippen molar-refractivity contribution in [3.8, 4) is 5.75 Å². The molecule has 7 heteroatoms. The minimum Gasteiger partial charge on any atom is -0.497 e. The number of unbranched alkanes of at least 4 members (excludes halogenated alkanes) is 1. The zero-order valence-electron chi connectivity index (χ0n) is 14.2. The van der Waals surface area contributed by atoms with E-state index in [0.717, 1.165) is 30.4 Å². The Kier molecular flexibility index (Phi) is 7.51. The first-order valence-corrected chi connectivity index (χ1v) is 9.55. The largest absolute Gasteiger partial charge is 0.497 e. The maximum atomic E-state index is 12.6. The lowest BCUT2D eigenvalue weighted by Gasteiger charge is -2.26. The molecular weight excluding hydrogens is 316 g/mol. The molecule has 0 aliphatic heterocycles. The van der Waals surface area contributed by atoms with Crippen LogP contribution in [0.2, 0.25) is 0 Å². The van der Waals surface area contributed by atoms with Crippen LogP contribution in [0.4, 0.5) is 0 Å². The number of hydrogen-bond donors (Lipinski definition) is 1. The number of ether oxygens (including phenoxy) is 1. The van der Waals surface area contributed by atoms with Gasteiger partial charge in [0.15, 0.2) is 0 Å². The number of carbonyl (C=O) groups is 1. The third-order valence-electron chi connectivity index (χ3n) is 3.36. The van der Waals surface area contributed by atoms with Gasteiger partial charge in [0.2, 0.25) is 15.9 Å². The predicted octanol–water partition coefficient (Wildman–Crippen LogP) is 1.76. The summed E-state index contributed by atoms with van der Waals surface area (Å²) in [7, 11) is -1.83. The monoisotopic (exact) mass is 342 g/mol. The number of nitrogens with zero attached hydrogens (tertiary/aromatic N) is 1. The van der Waals surface area contributed by atoms with Crippen molar-refractivity contribution in [3.05, 3.63) is 29.8 Å². The molecule has 23 heavy (non-hydrogen) atoms. The molecule has 0 saturated carbocycles. The number of rotatable bonds is 9. The van der Waals surface area contributed by atoms with Gasteiger partial charge in [0.25, 0.3) is 0 Å². The minimum atomic E-state index is -3.42. The first-order chi connectivity index (χ1) is 10.8. The van der Waals surface area contributed by atoms with Crippen LogP contribution in [0.1, 0.15) is 32.3 Å². The molecule has 0 saturated heterocycles. The molecule has 0 heterocycles. The second kappa shape index (κ2) is 8.88. The Hall–Kier alpha value is -1.60. The summed E-state index contributed by atoms with van der Waals surface area (Å²) in [5, 5.41) is 0. The second-order valence-corrected chi connectivity index (χ2v) is 7.36. The molecule has 0 radical (unpaired) electrons. The van der Waals surface area contributed by atoms with Crippen LogP contribution >= 0.6 is 0 Å². The lowest BCUT2D eigenvalue weighted by Crippen LogP contribution is -2.46. The first kappa shape index (κ1) is 19.4. The molecule has 1 rings (SSSR count). The van der Waals surface area contributed by atoms with Crippen LogP contribution in [0.3, 0.4) is 0 Å². The normalized spacial score (nSPS) is 12.7. The summed E-state index contributed by atoms with van der Waals surface area (Å²) in [6, 6.07) is 6.72. The number of sulfonamides is 1. The SMILES string of the molecule is CCCCN(Cc1cccc(OC)c1)C(=O)[C@H](C)NS(C)(=O)=O. The van der Waals surface area contributed by atoms with E-state index in [9.17, 15) is 13.2 Å². The van der Waals surface area contributed by atoms with Crippen LogP contribution in [0, 0.1) is 0 Å². The van der Waals surface area contributed by atoms with Crippen molar-refractivity contribution in [2.24, 2.45) is 0 Å². The summed E-state index contributed by atoms with van der Waals surface area (Å²) in [6.45, 7) is 4.62. The highest BCUT2D eigenvalue weighted by molar-refractivity contribution is 7.88. The average Bonchev–Trinajstić information content (AvgIpc) is 2.49. The van der Waals surface area contributed by atoms with Gasteiger partial charge < -0.3 is 9.64 Å². The summed E-state index contributed by atoms with van der Waals surface area (Å²) < 4.78 is 30.2. The van der Waals surface area contributed by atoms with Crippen molar-refractivity contribution >= 4 is 15.9 Å². The fraction of sp³-hybridized carbons (Fsp3) is 0.562. The van der Waals surface area contributed by atoms with Gasteiger partial charge in [-0.2, -0.15) is 0 Å². The highest BCUT2D eigenvalue weighted by Crippen LogP contribution is 2.15. The van der Waals surface area contributed by atoms with Crippen molar-refractivity contribution in [3.63, 3.8) is 0 Å². The van der Waals surface area contributed by atoms with Gasteiger partial charge in [0, 0.05) is 13.1 Å². The van der Waals surface area contributed by atoms with E-state index < -0.39 is 16.1 Å². The third-order valence-corrected chi connectivity index (χ3v) is 4.14. The quantitative estimate of drug-likeness (QED) is 0.742.